The van der Waals surface area contributed by atoms with Crippen LogP contribution in [0.25, 0.3) is 0 Å². The third-order valence-electron chi connectivity index (χ3n) is 2.15. The van der Waals surface area contributed by atoms with Crippen molar-refractivity contribution in [3.8, 4) is 5.75 Å². The van der Waals surface area contributed by atoms with Crippen LogP contribution in [-0.4, -0.2) is 4.98 Å². The third-order valence-corrected chi connectivity index (χ3v) is 3.31. The Morgan fingerprint density at radius 3 is 2.72 bits per heavy atom. The molecule has 0 saturated carbocycles. The molecule has 0 N–H and O–H groups in total. The van der Waals surface area contributed by atoms with E-state index in [0.29, 0.717) is 26.1 Å². The van der Waals surface area contributed by atoms with Crippen molar-refractivity contribution in [3.63, 3.8) is 0 Å². The molecular formula is C12H7BrCl2FNO. The van der Waals surface area contributed by atoms with E-state index in [2.05, 4.69) is 20.9 Å². The standard InChI is InChI=1S/C12H7BrCl2FNO/c13-8-5-7(1-3-10(8)16)18-6-11-9(14)2-4-12(15)17-11/h1-5H,6H2. The molecule has 2 rings (SSSR count). The second-order valence-electron chi connectivity index (χ2n) is 3.43. The average Bonchev–Trinajstić information content (AvgIpc) is 2.34. The van der Waals surface area contributed by atoms with Crippen molar-refractivity contribution in [3.05, 3.63) is 56.5 Å². The summed E-state index contributed by atoms with van der Waals surface area (Å²) in [6, 6.07) is 7.62. The van der Waals surface area contributed by atoms with Crippen LogP contribution in [0.4, 0.5) is 4.39 Å². The number of hydrogen-bond acceptors (Lipinski definition) is 2. The minimum atomic E-state index is -0.346. The van der Waals surface area contributed by atoms with Crippen molar-refractivity contribution in [1.82, 2.24) is 4.98 Å². The van der Waals surface area contributed by atoms with Gasteiger partial charge in [-0.15, -0.1) is 0 Å². The molecule has 1 aromatic heterocycles. The van der Waals surface area contributed by atoms with E-state index in [0.717, 1.165) is 0 Å². The fourth-order valence-electron chi connectivity index (χ4n) is 1.28. The Balaban J connectivity index is 2.11. The van der Waals surface area contributed by atoms with Crippen LogP contribution < -0.4 is 4.74 Å². The molecule has 0 unspecified atom stereocenters. The summed E-state index contributed by atoms with van der Waals surface area (Å²) in [5.74, 6) is 0.169. The molecule has 0 saturated heterocycles. The van der Waals surface area contributed by atoms with Gasteiger partial charge in [-0.25, -0.2) is 9.37 Å². The van der Waals surface area contributed by atoms with Gasteiger partial charge in [0, 0.05) is 0 Å². The van der Waals surface area contributed by atoms with Crippen LogP contribution >= 0.6 is 39.1 Å². The van der Waals surface area contributed by atoms with Crippen molar-refractivity contribution < 1.29 is 9.13 Å². The van der Waals surface area contributed by atoms with Crippen LogP contribution in [0.1, 0.15) is 5.69 Å². The van der Waals surface area contributed by atoms with Gasteiger partial charge in [0.25, 0.3) is 0 Å². The number of ether oxygens (including phenoxy) is 1. The molecule has 94 valence electrons. The Hall–Kier alpha value is -0.840. The maximum atomic E-state index is 13.0. The molecule has 0 radical (unpaired) electrons. The summed E-state index contributed by atoms with van der Waals surface area (Å²) in [6.07, 6.45) is 0. The SMILES string of the molecule is Fc1ccc(OCc2nc(Cl)ccc2Cl)cc1Br. The van der Waals surface area contributed by atoms with Crippen molar-refractivity contribution >= 4 is 39.1 Å². The van der Waals surface area contributed by atoms with Crippen LogP contribution in [0, 0.1) is 5.82 Å². The highest BCUT2D eigenvalue weighted by Crippen LogP contribution is 2.23. The monoisotopic (exact) mass is 349 g/mol. The van der Waals surface area contributed by atoms with Gasteiger partial charge in [0.1, 0.15) is 23.3 Å². The number of benzene rings is 1. The van der Waals surface area contributed by atoms with Crippen LogP contribution in [0.3, 0.4) is 0 Å². The van der Waals surface area contributed by atoms with Crippen LogP contribution in [0.5, 0.6) is 5.75 Å². The molecule has 6 heteroatoms. The Kier molecular flexibility index (Phi) is 4.43. The summed E-state index contributed by atoms with van der Waals surface area (Å²) in [5, 5.41) is 0.818. The normalized spacial score (nSPS) is 10.4. The lowest BCUT2D eigenvalue weighted by Gasteiger charge is -2.08. The minimum absolute atomic E-state index is 0.164. The molecule has 0 aliphatic rings. The highest BCUT2D eigenvalue weighted by molar-refractivity contribution is 9.10. The maximum Gasteiger partial charge on any atom is 0.137 e. The molecular weight excluding hydrogens is 344 g/mol. The fourth-order valence-corrected chi connectivity index (χ4v) is 1.96. The summed E-state index contributed by atoms with van der Waals surface area (Å²) < 4.78 is 18.8. The second kappa shape index (κ2) is 5.87. The number of nitrogens with zero attached hydrogens (tertiary/aromatic N) is 1. The smallest absolute Gasteiger partial charge is 0.137 e. The minimum Gasteiger partial charge on any atom is -0.487 e. The quantitative estimate of drug-likeness (QED) is 0.737. The molecule has 0 aliphatic carbocycles. The molecule has 0 fully saturated rings. The van der Waals surface area contributed by atoms with E-state index in [9.17, 15) is 4.39 Å². The molecule has 1 heterocycles. The Labute approximate surface area is 122 Å². The summed E-state index contributed by atoms with van der Waals surface area (Å²) >= 11 is 14.8. The van der Waals surface area contributed by atoms with Gasteiger partial charge in [-0.1, -0.05) is 23.2 Å². The summed E-state index contributed by atoms with van der Waals surface area (Å²) in [5.41, 5.74) is 0.532. The van der Waals surface area contributed by atoms with E-state index in [1.165, 1.54) is 18.2 Å². The molecule has 0 amide bonds. The van der Waals surface area contributed by atoms with Gasteiger partial charge in [-0.05, 0) is 46.3 Å². The van der Waals surface area contributed by atoms with Crippen molar-refractivity contribution in [1.29, 1.82) is 0 Å². The number of halogens is 4. The van der Waals surface area contributed by atoms with Gasteiger partial charge < -0.3 is 4.74 Å². The van der Waals surface area contributed by atoms with E-state index in [4.69, 9.17) is 27.9 Å². The van der Waals surface area contributed by atoms with Crippen LogP contribution in [-0.2, 0) is 6.61 Å². The largest absolute Gasteiger partial charge is 0.487 e. The Bertz CT molecular complexity index is 580. The zero-order chi connectivity index (χ0) is 13.1. The molecule has 0 aliphatic heterocycles. The first-order valence-electron chi connectivity index (χ1n) is 4.95. The molecule has 1 aromatic carbocycles. The van der Waals surface area contributed by atoms with Crippen molar-refractivity contribution in [2.24, 2.45) is 0 Å². The number of aromatic nitrogens is 1. The predicted molar refractivity (Wildman–Crippen MR) is 72.7 cm³/mol. The van der Waals surface area contributed by atoms with Crippen LogP contribution in [0.2, 0.25) is 10.2 Å². The van der Waals surface area contributed by atoms with E-state index < -0.39 is 0 Å². The zero-order valence-electron chi connectivity index (χ0n) is 8.96. The summed E-state index contributed by atoms with van der Waals surface area (Å²) in [6.45, 7) is 0.164. The third kappa shape index (κ3) is 3.34. The van der Waals surface area contributed by atoms with E-state index >= 15 is 0 Å². The predicted octanol–water partition coefficient (Wildman–Crippen LogP) is 4.87. The first kappa shape index (κ1) is 13.6. The zero-order valence-corrected chi connectivity index (χ0v) is 12.1. The lowest BCUT2D eigenvalue weighted by Crippen LogP contribution is -1.99. The van der Waals surface area contributed by atoms with E-state index in [-0.39, 0.29) is 12.4 Å². The number of rotatable bonds is 3. The maximum absolute atomic E-state index is 13.0. The summed E-state index contributed by atoms with van der Waals surface area (Å²) in [4.78, 5) is 4.05. The van der Waals surface area contributed by atoms with Gasteiger partial charge in [0.2, 0.25) is 0 Å². The van der Waals surface area contributed by atoms with Gasteiger partial charge in [-0.3, -0.25) is 0 Å². The molecule has 0 atom stereocenters. The second-order valence-corrected chi connectivity index (χ2v) is 5.08. The number of hydrogen-bond donors (Lipinski definition) is 0. The topological polar surface area (TPSA) is 22.1 Å². The highest BCUT2D eigenvalue weighted by Gasteiger charge is 2.06. The number of pyridine rings is 1. The lowest BCUT2D eigenvalue weighted by atomic mass is 10.3. The van der Waals surface area contributed by atoms with E-state index in [1.54, 1.807) is 12.1 Å². The molecule has 18 heavy (non-hydrogen) atoms. The highest BCUT2D eigenvalue weighted by atomic mass is 79.9. The van der Waals surface area contributed by atoms with Gasteiger partial charge >= 0.3 is 0 Å². The van der Waals surface area contributed by atoms with Crippen molar-refractivity contribution in [2.75, 3.05) is 0 Å². The Morgan fingerprint density at radius 2 is 2.00 bits per heavy atom. The molecule has 2 nitrogen and oxygen atoms in total. The molecule has 0 bridgehead atoms. The summed E-state index contributed by atoms with van der Waals surface area (Å²) in [7, 11) is 0. The van der Waals surface area contributed by atoms with Gasteiger partial charge in [0.05, 0.1) is 15.2 Å². The van der Waals surface area contributed by atoms with E-state index in [1.807, 2.05) is 0 Å². The molecule has 0 spiro atoms. The first-order valence-corrected chi connectivity index (χ1v) is 6.50. The van der Waals surface area contributed by atoms with Crippen LogP contribution in [0.15, 0.2) is 34.8 Å². The van der Waals surface area contributed by atoms with Crippen molar-refractivity contribution in [2.45, 2.75) is 6.61 Å². The Morgan fingerprint density at radius 1 is 1.22 bits per heavy atom. The van der Waals surface area contributed by atoms with Gasteiger partial charge in [0.15, 0.2) is 0 Å². The first-order chi connectivity index (χ1) is 8.56. The molecule has 2 aromatic rings. The van der Waals surface area contributed by atoms with Gasteiger partial charge in [-0.2, -0.15) is 0 Å². The fraction of sp³-hybridized carbons (Fsp3) is 0.0833. The average molecular weight is 351 g/mol. The lowest BCUT2D eigenvalue weighted by molar-refractivity contribution is 0.301.